The highest BCUT2D eigenvalue weighted by Gasteiger charge is 2.15. The van der Waals surface area contributed by atoms with Gasteiger partial charge in [-0.2, -0.15) is 0 Å². The van der Waals surface area contributed by atoms with Gasteiger partial charge in [0.15, 0.2) is 0 Å². The van der Waals surface area contributed by atoms with Crippen LogP contribution in [0.2, 0.25) is 0 Å². The van der Waals surface area contributed by atoms with Gasteiger partial charge in [-0.1, -0.05) is 42.5 Å². The molecule has 0 aliphatic heterocycles. The Bertz CT molecular complexity index is 1250. The van der Waals surface area contributed by atoms with Gasteiger partial charge in [0.1, 0.15) is 5.75 Å². The summed E-state index contributed by atoms with van der Waals surface area (Å²) in [4.78, 5) is 1.43. The lowest BCUT2D eigenvalue weighted by molar-refractivity contribution is 0.415. The van der Waals surface area contributed by atoms with E-state index in [-0.39, 0.29) is 4.90 Å². The molecule has 4 nitrogen and oxygen atoms in total. The summed E-state index contributed by atoms with van der Waals surface area (Å²) in [5.74, 6) is 1.56. The molecule has 0 aliphatic rings. The zero-order valence-electron chi connectivity index (χ0n) is 16.4. The molecule has 4 aromatic carbocycles. The molecule has 4 rings (SSSR count). The van der Waals surface area contributed by atoms with Crippen molar-refractivity contribution in [2.24, 2.45) is 0 Å². The monoisotopic (exact) mass is 435 g/mol. The molecule has 6 heteroatoms. The Balaban J connectivity index is 1.47. The van der Waals surface area contributed by atoms with Crippen LogP contribution in [-0.4, -0.2) is 15.5 Å². The van der Waals surface area contributed by atoms with Crippen molar-refractivity contribution in [2.75, 3.05) is 11.8 Å². The molecule has 1 N–H and O–H groups in total. The van der Waals surface area contributed by atoms with Crippen molar-refractivity contribution in [1.82, 2.24) is 0 Å². The fraction of sp³-hybridized carbons (Fsp3) is 0.0833. The number of hydrogen-bond acceptors (Lipinski definition) is 4. The van der Waals surface area contributed by atoms with Crippen LogP contribution in [0.4, 0.5) is 5.69 Å². The maximum absolute atomic E-state index is 12.8. The summed E-state index contributed by atoms with van der Waals surface area (Å²) in [5, 5.41) is 1.76. The highest BCUT2D eigenvalue weighted by atomic mass is 32.2. The number of benzene rings is 4. The topological polar surface area (TPSA) is 55.4 Å². The van der Waals surface area contributed by atoms with E-state index in [4.69, 9.17) is 4.74 Å². The molecular formula is C24H21NO3S2. The molecule has 0 bridgehead atoms. The van der Waals surface area contributed by atoms with Gasteiger partial charge < -0.3 is 4.74 Å². The lowest BCUT2D eigenvalue weighted by Gasteiger charge is -2.10. The van der Waals surface area contributed by atoms with E-state index < -0.39 is 10.0 Å². The lowest BCUT2D eigenvalue weighted by atomic mass is 10.1. The van der Waals surface area contributed by atoms with Crippen molar-refractivity contribution in [1.29, 1.82) is 0 Å². The van der Waals surface area contributed by atoms with E-state index in [0.717, 1.165) is 27.8 Å². The SMILES string of the molecule is COc1ccc2cc(S(=O)(=O)Nc3ccc(CSc4ccccc4)cc3)ccc2c1. The Morgan fingerprint density at radius 2 is 1.53 bits per heavy atom. The first kappa shape index (κ1) is 20.3. The van der Waals surface area contributed by atoms with Gasteiger partial charge in [0.25, 0.3) is 10.0 Å². The molecule has 0 amide bonds. The second-order valence-corrected chi connectivity index (χ2v) is 9.51. The van der Waals surface area contributed by atoms with Crippen LogP contribution in [0.5, 0.6) is 5.75 Å². The molecule has 4 aromatic rings. The van der Waals surface area contributed by atoms with Crippen LogP contribution in [0.3, 0.4) is 0 Å². The number of hydrogen-bond donors (Lipinski definition) is 1. The summed E-state index contributed by atoms with van der Waals surface area (Å²) in [6.07, 6.45) is 0. The van der Waals surface area contributed by atoms with Crippen molar-refractivity contribution < 1.29 is 13.2 Å². The third kappa shape index (κ3) is 4.78. The van der Waals surface area contributed by atoms with E-state index in [2.05, 4.69) is 16.9 Å². The number of rotatable bonds is 7. The van der Waals surface area contributed by atoms with Gasteiger partial charge in [-0.25, -0.2) is 8.42 Å². The molecule has 0 radical (unpaired) electrons. The molecule has 0 fully saturated rings. The highest BCUT2D eigenvalue weighted by molar-refractivity contribution is 7.98. The zero-order valence-corrected chi connectivity index (χ0v) is 18.0. The van der Waals surface area contributed by atoms with Crippen molar-refractivity contribution in [3.8, 4) is 5.75 Å². The second-order valence-electron chi connectivity index (χ2n) is 6.78. The number of anilines is 1. The summed E-state index contributed by atoms with van der Waals surface area (Å²) in [6, 6.07) is 28.3. The van der Waals surface area contributed by atoms with Crippen LogP contribution in [0.25, 0.3) is 10.8 Å². The Labute approximate surface area is 181 Å². The van der Waals surface area contributed by atoms with E-state index in [0.29, 0.717) is 5.69 Å². The van der Waals surface area contributed by atoms with Gasteiger partial charge in [0.05, 0.1) is 12.0 Å². The summed E-state index contributed by atoms with van der Waals surface area (Å²) < 4.78 is 33.5. The van der Waals surface area contributed by atoms with Crippen molar-refractivity contribution in [2.45, 2.75) is 15.5 Å². The maximum atomic E-state index is 12.8. The van der Waals surface area contributed by atoms with Crippen molar-refractivity contribution >= 4 is 38.2 Å². The van der Waals surface area contributed by atoms with Crippen molar-refractivity contribution in [3.63, 3.8) is 0 Å². The number of sulfonamides is 1. The quantitative estimate of drug-likeness (QED) is 0.365. The highest BCUT2D eigenvalue weighted by Crippen LogP contribution is 2.26. The Kier molecular flexibility index (Phi) is 5.97. The number of fused-ring (bicyclic) bond motifs is 1. The predicted octanol–water partition coefficient (Wildman–Crippen LogP) is 5.94. The van der Waals surface area contributed by atoms with Crippen LogP contribution in [0, 0.1) is 0 Å². The number of ether oxygens (including phenoxy) is 1. The van der Waals surface area contributed by atoms with Gasteiger partial charge in [0.2, 0.25) is 0 Å². The van der Waals surface area contributed by atoms with E-state index >= 15 is 0 Å². The lowest BCUT2D eigenvalue weighted by Crippen LogP contribution is -2.12. The summed E-state index contributed by atoms with van der Waals surface area (Å²) in [6.45, 7) is 0. The third-order valence-electron chi connectivity index (χ3n) is 4.68. The largest absolute Gasteiger partial charge is 0.497 e. The van der Waals surface area contributed by atoms with E-state index in [1.165, 1.54) is 4.90 Å². The molecule has 0 spiro atoms. The van der Waals surface area contributed by atoms with E-state index in [9.17, 15) is 8.42 Å². The smallest absolute Gasteiger partial charge is 0.261 e. The van der Waals surface area contributed by atoms with Crippen LogP contribution >= 0.6 is 11.8 Å². The minimum Gasteiger partial charge on any atom is -0.497 e. The second kappa shape index (κ2) is 8.81. The average molecular weight is 436 g/mol. The standard InChI is InChI=1S/C24H21NO3S2/c1-28-22-13-9-20-16-24(14-10-19(20)15-22)30(26,27)25-21-11-7-18(8-12-21)17-29-23-5-3-2-4-6-23/h2-16,25H,17H2,1H3. The number of methoxy groups -OCH3 is 1. The molecule has 0 aromatic heterocycles. The summed E-state index contributed by atoms with van der Waals surface area (Å²) >= 11 is 1.75. The molecule has 0 heterocycles. The minimum absolute atomic E-state index is 0.226. The maximum Gasteiger partial charge on any atom is 0.261 e. The molecular weight excluding hydrogens is 414 g/mol. The van der Waals surface area contributed by atoms with Gasteiger partial charge in [-0.15, -0.1) is 11.8 Å². The van der Waals surface area contributed by atoms with Crippen LogP contribution in [0.1, 0.15) is 5.56 Å². The average Bonchev–Trinajstić information content (AvgIpc) is 2.78. The number of nitrogens with one attached hydrogen (secondary N) is 1. The first-order valence-corrected chi connectivity index (χ1v) is 11.9. The van der Waals surface area contributed by atoms with Gasteiger partial charge >= 0.3 is 0 Å². The Hall–Kier alpha value is -2.96. The first-order valence-electron chi connectivity index (χ1n) is 9.41. The fourth-order valence-corrected chi connectivity index (χ4v) is 5.03. The molecule has 0 saturated heterocycles. The van der Waals surface area contributed by atoms with E-state index in [1.54, 1.807) is 49.2 Å². The van der Waals surface area contributed by atoms with Gasteiger partial charge in [0, 0.05) is 16.3 Å². The molecule has 0 aliphatic carbocycles. The van der Waals surface area contributed by atoms with Crippen LogP contribution in [-0.2, 0) is 15.8 Å². The summed E-state index contributed by atoms with van der Waals surface area (Å²) in [5.41, 5.74) is 1.67. The number of thioether (sulfide) groups is 1. The first-order chi connectivity index (χ1) is 14.5. The zero-order chi connectivity index (χ0) is 21.0. The molecule has 0 atom stereocenters. The molecule has 152 valence electrons. The minimum atomic E-state index is -3.68. The molecule has 0 unspecified atom stereocenters. The predicted molar refractivity (Wildman–Crippen MR) is 124 cm³/mol. The van der Waals surface area contributed by atoms with Crippen molar-refractivity contribution in [3.05, 3.63) is 96.6 Å². The van der Waals surface area contributed by atoms with Crippen LogP contribution in [0.15, 0.2) is 101 Å². The van der Waals surface area contributed by atoms with Gasteiger partial charge in [-0.3, -0.25) is 4.72 Å². The third-order valence-corrected chi connectivity index (χ3v) is 7.15. The fourth-order valence-electron chi connectivity index (χ4n) is 3.06. The molecule has 0 saturated carbocycles. The Morgan fingerprint density at radius 3 is 2.27 bits per heavy atom. The Morgan fingerprint density at radius 1 is 0.833 bits per heavy atom. The van der Waals surface area contributed by atoms with Gasteiger partial charge in [-0.05, 0) is 64.9 Å². The van der Waals surface area contributed by atoms with E-state index in [1.807, 2.05) is 48.5 Å². The van der Waals surface area contributed by atoms with Crippen LogP contribution < -0.4 is 9.46 Å². The normalized spacial score (nSPS) is 11.4. The summed E-state index contributed by atoms with van der Waals surface area (Å²) in [7, 11) is -2.07. The molecule has 30 heavy (non-hydrogen) atoms.